The minimum Gasteiger partial charge on any atom is -0.457 e. The quantitative estimate of drug-likeness (QED) is 0.558. The van der Waals surface area contributed by atoms with Gasteiger partial charge in [0, 0.05) is 21.2 Å². The van der Waals surface area contributed by atoms with E-state index in [1.807, 2.05) is 41.4 Å². The maximum Gasteiger partial charge on any atom is 0.291 e. The highest BCUT2D eigenvalue weighted by Crippen LogP contribution is 2.53. The fourth-order valence-electron chi connectivity index (χ4n) is 4.38. The van der Waals surface area contributed by atoms with Gasteiger partial charge >= 0.3 is 0 Å². The number of anilines is 1. The van der Waals surface area contributed by atoms with Crippen LogP contribution in [-0.4, -0.2) is 10.9 Å². The van der Waals surface area contributed by atoms with Gasteiger partial charge in [-0.3, -0.25) is 4.79 Å². The second-order valence-corrected chi connectivity index (χ2v) is 8.32. The molecular weight excluding hydrogens is 421 g/mol. The van der Waals surface area contributed by atoms with E-state index in [1.165, 1.54) is 0 Å². The highest BCUT2D eigenvalue weighted by molar-refractivity contribution is 6.31. The Labute approximate surface area is 182 Å². The van der Waals surface area contributed by atoms with Crippen LogP contribution in [0.5, 0.6) is 5.75 Å². The van der Waals surface area contributed by atoms with Gasteiger partial charge < -0.3 is 15.5 Å². The summed E-state index contributed by atoms with van der Waals surface area (Å²) < 4.78 is 6.43. The number of carbonyl (C=O) groups excluding carboxylic acids is 1. The van der Waals surface area contributed by atoms with E-state index in [0.717, 1.165) is 16.8 Å². The van der Waals surface area contributed by atoms with Crippen molar-refractivity contribution in [3.63, 3.8) is 0 Å². The van der Waals surface area contributed by atoms with Crippen LogP contribution in [0.4, 0.5) is 5.69 Å². The molecule has 2 N–H and O–H groups in total. The Bertz CT molecular complexity index is 1240. The van der Waals surface area contributed by atoms with Crippen LogP contribution in [0.25, 0.3) is 5.70 Å². The Morgan fingerprint density at radius 1 is 0.967 bits per heavy atom. The van der Waals surface area contributed by atoms with Gasteiger partial charge in [-0.2, -0.15) is 5.01 Å². The molecule has 0 fully saturated rings. The third kappa shape index (κ3) is 2.37. The first-order valence-corrected chi connectivity index (χ1v) is 10.2. The molecule has 30 heavy (non-hydrogen) atoms. The fraction of sp³-hybridized carbons (Fsp3) is 0.0870. The summed E-state index contributed by atoms with van der Waals surface area (Å²) in [6, 6.07) is 20.4. The number of rotatable bonds is 1. The summed E-state index contributed by atoms with van der Waals surface area (Å²) in [5, 5.41) is 5.92. The number of carbonyl (C=O) groups is 1. The van der Waals surface area contributed by atoms with Gasteiger partial charge in [-0.1, -0.05) is 53.5 Å². The molecule has 1 spiro atoms. The molecule has 7 heteroatoms. The van der Waals surface area contributed by atoms with Crippen molar-refractivity contribution in [1.82, 2.24) is 10.4 Å². The van der Waals surface area contributed by atoms with Crippen molar-refractivity contribution in [3.8, 4) is 5.75 Å². The fourth-order valence-corrected chi connectivity index (χ4v) is 4.73. The standard InChI is InChI=1S/C23H15Cl2N3O2/c24-14-7-9-21-16(10-14)20-12-19(13-4-2-1-3-5-13)27-28(20)23(30-21)17-11-15(25)6-8-18(17)26-22(23)29/h1-12,20,27H,(H,26,29). The summed E-state index contributed by atoms with van der Waals surface area (Å²) in [6.45, 7) is 0. The van der Waals surface area contributed by atoms with Crippen molar-refractivity contribution < 1.29 is 9.53 Å². The number of fused-ring (bicyclic) bond motifs is 6. The van der Waals surface area contributed by atoms with E-state index in [2.05, 4.69) is 16.8 Å². The van der Waals surface area contributed by atoms with Crippen LogP contribution in [0, 0.1) is 0 Å². The first-order chi connectivity index (χ1) is 14.6. The summed E-state index contributed by atoms with van der Waals surface area (Å²) in [4.78, 5) is 13.4. The number of benzene rings is 3. The number of amides is 1. The predicted molar refractivity (Wildman–Crippen MR) is 116 cm³/mol. The number of ether oxygens (including phenoxy) is 1. The number of hydrogen-bond donors (Lipinski definition) is 2. The molecule has 0 bridgehead atoms. The summed E-state index contributed by atoms with van der Waals surface area (Å²) in [5.74, 6) is 0.330. The molecule has 0 saturated heterocycles. The lowest BCUT2D eigenvalue weighted by molar-refractivity contribution is -0.165. The van der Waals surface area contributed by atoms with Gasteiger partial charge in [-0.05, 0) is 48.0 Å². The minimum absolute atomic E-state index is 0.265. The van der Waals surface area contributed by atoms with E-state index in [0.29, 0.717) is 27.0 Å². The van der Waals surface area contributed by atoms with E-state index in [4.69, 9.17) is 27.9 Å². The van der Waals surface area contributed by atoms with Crippen LogP contribution in [0.15, 0.2) is 72.8 Å². The van der Waals surface area contributed by atoms with E-state index in [9.17, 15) is 4.79 Å². The Hall–Kier alpha value is -2.99. The summed E-state index contributed by atoms with van der Waals surface area (Å²) in [7, 11) is 0. The smallest absolute Gasteiger partial charge is 0.291 e. The van der Waals surface area contributed by atoms with Gasteiger partial charge in [0.25, 0.3) is 11.6 Å². The second kappa shape index (κ2) is 6.25. The molecule has 0 saturated carbocycles. The van der Waals surface area contributed by atoms with Crippen LogP contribution in [0.2, 0.25) is 10.0 Å². The molecule has 1 amide bonds. The molecule has 3 aliphatic heterocycles. The zero-order valence-corrected chi connectivity index (χ0v) is 17.0. The molecule has 6 rings (SSSR count). The van der Waals surface area contributed by atoms with Gasteiger partial charge in [0.05, 0.1) is 17.4 Å². The SMILES string of the molecule is O=C1Nc2ccc(Cl)cc2C12Oc1ccc(Cl)cc1C1C=C(c3ccccc3)NN12. The maximum absolute atomic E-state index is 13.4. The van der Waals surface area contributed by atoms with Crippen molar-refractivity contribution in [2.24, 2.45) is 0 Å². The molecule has 0 radical (unpaired) electrons. The van der Waals surface area contributed by atoms with E-state index < -0.39 is 5.72 Å². The van der Waals surface area contributed by atoms with Crippen LogP contribution in [-0.2, 0) is 10.5 Å². The highest BCUT2D eigenvalue weighted by Gasteiger charge is 2.60. The molecule has 2 unspecified atom stereocenters. The lowest BCUT2D eigenvalue weighted by Crippen LogP contribution is -2.60. The first-order valence-electron chi connectivity index (χ1n) is 9.49. The van der Waals surface area contributed by atoms with Crippen LogP contribution >= 0.6 is 23.2 Å². The number of nitrogens with one attached hydrogen (secondary N) is 2. The van der Waals surface area contributed by atoms with Crippen LogP contribution < -0.4 is 15.5 Å². The van der Waals surface area contributed by atoms with Crippen molar-refractivity contribution in [1.29, 1.82) is 0 Å². The summed E-state index contributed by atoms with van der Waals surface area (Å²) >= 11 is 12.6. The molecule has 3 aromatic rings. The van der Waals surface area contributed by atoms with Crippen molar-refractivity contribution >= 4 is 40.5 Å². The molecule has 3 heterocycles. The molecule has 3 aliphatic rings. The molecular formula is C23H15Cl2N3O2. The Morgan fingerprint density at radius 2 is 1.73 bits per heavy atom. The lowest BCUT2D eigenvalue weighted by Gasteiger charge is -2.44. The molecule has 2 atom stereocenters. The Balaban J connectivity index is 1.58. The zero-order valence-electron chi connectivity index (χ0n) is 15.5. The monoisotopic (exact) mass is 435 g/mol. The Kier molecular flexibility index (Phi) is 3.72. The normalized spacial score (nSPS) is 23.7. The third-order valence-corrected chi connectivity index (χ3v) is 6.19. The molecule has 0 aliphatic carbocycles. The predicted octanol–water partition coefficient (Wildman–Crippen LogP) is 5.09. The molecule has 148 valence electrons. The third-order valence-electron chi connectivity index (χ3n) is 5.72. The van der Waals surface area contributed by atoms with Crippen molar-refractivity contribution in [3.05, 3.63) is 99.5 Å². The van der Waals surface area contributed by atoms with Crippen LogP contribution in [0.1, 0.15) is 22.7 Å². The molecule has 5 nitrogen and oxygen atoms in total. The first kappa shape index (κ1) is 17.8. The number of nitrogens with zero attached hydrogens (tertiary/aromatic N) is 1. The molecule has 3 aromatic carbocycles. The summed E-state index contributed by atoms with van der Waals surface area (Å²) in [6.07, 6.45) is 2.09. The van der Waals surface area contributed by atoms with Gasteiger partial charge in [-0.15, -0.1) is 0 Å². The average molecular weight is 436 g/mol. The molecule has 0 aromatic heterocycles. The van der Waals surface area contributed by atoms with E-state index >= 15 is 0 Å². The highest BCUT2D eigenvalue weighted by atomic mass is 35.5. The van der Waals surface area contributed by atoms with Gasteiger partial charge in [0.1, 0.15) is 5.75 Å². The topological polar surface area (TPSA) is 53.6 Å². The zero-order chi connectivity index (χ0) is 20.5. The minimum atomic E-state index is -1.40. The number of halogens is 2. The van der Waals surface area contributed by atoms with Crippen molar-refractivity contribution in [2.75, 3.05) is 5.32 Å². The van der Waals surface area contributed by atoms with Crippen LogP contribution in [0.3, 0.4) is 0 Å². The maximum atomic E-state index is 13.4. The van der Waals surface area contributed by atoms with Gasteiger partial charge in [0.2, 0.25) is 0 Å². The number of hydrazine groups is 1. The Morgan fingerprint density at radius 3 is 2.57 bits per heavy atom. The average Bonchev–Trinajstić information content (AvgIpc) is 3.31. The lowest BCUT2D eigenvalue weighted by atomic mass is 9.95. The largest absolute Gasteiger partial charge is 0.457 e. The second-order valence-electron chi connectivity index (χ2n) is 7.45. The number of hydrogen-bond acceptors (Lipinski definition) is 4. The van der Waals surface area contributed by atoms with E-state index in [1.54, 1.807) is 30.3 Å². The van der Waals surface area contributed by atoms with Crippen molar-refractivity contribution in [2.45, 2.75) is 11.8 Å². The van der Waals surface area contributed by atoms with E-state index in [-0.39, 0.29) is 11.9 Å². The van der Waals surface area contributed by atoms with Gasteiger partial charge in [0.15, 0.2) is 0 Å². The summed E-state index contributed by atoms with van der Waals surface area (Å²) in [5.41, 5.74) is 6.14. The van der Waals surface area contributed by atoms with Gasteiger partial charge in [-0.25, -0.2) is 0 Å².